The van der Waals surface area contributed by atoms with E-state index in [9.17, 15) is 4.79 Å². The SMILES string of the molecule is Cc1ccnc([C@H]2C[C@@H]2C(=O)Nc2nc(Cl)nc(Cl)n2)n1. The van der Waals surface area contributed by atoms with E-state index in [1.165, 1.54) is 0 Å². The molecule has 2 atom stereocenters. The number of amides is 1. The summed E-state index contributed by atoms with van der Waals surface area (Å²) in [5.41, 5.74) is 0.877. The minimum absolute atomic E-state index is 0.0256. The highest BCUT2D eigenvalue weighted by Crippen LogP contribution is 2.46. The number of halogens is 2. The Balaban J connectivity index is 1.68. The first-order valence-corrected chi connectivity index (χ1v) is 6.96. The summed E-state index contributed by atoms with van der Waals surface area (Å²) in [5, 5.41) is 2.43. The second kappa shape index (κ2) is 5.50. The number of anilines is 1. The van der Waals surface area contributed by atoms with Crippen molar-refractivity contribution in [3.63, 3.8) is 0 Å². The molecular formula is C12H10Cl2N6O. The largest absolute Gasteiger partial charge is 0.294 e. The third kappa shape index (κ3) is 3.25. The van der Waals surface area contributed by atoms with E-state index < -0.39 is 0 Å². The lowest BCUT2D eigenvalue weighted by Gasteiger charge is -2.03. The quantitative estimate of drug-likeness (QED) is 0.928. The average molecular weight is 325 g/mol. The van der Waals surface area contributed by atoms with Crippen molar-refractivity contribution in [3.05, 3.63) is 34.3 Å². The van der Waals surface area contributed by atoms with Crippen LogP contribution < -0.4 is 5.32 Å². The maximum Gasteiger partial charge on any atom is 0.235 e. The van der Waals surface area contributed by atoms with Gasteiger partial charge in [0.05, 0.1) is 0 Å². The molecule has 3 rings (SSSR count). The third-order valence-electron chi connectivity index (χ3n) is 3.09. The number of aryl methyl sites for hydroxylation is 1. The van der Waals surface area contributed by atoms with Crippen LogP contribution in [0.4, 0.5) is 5.95 Å². The Bertz CT molecular complexity index is 690. The Labute approximate surface area is 130 Å². The predicted molar refractivity (Wildman–Crippen MR) is 76.1 cm³/mol. The van der Waals surface area contributed by atoms with Gasteiger partial charge in [-0.3, -0.25) is 10.1 Å². The molecule has 9 heteroatoms. The van der Waals surface area contributed by atoms with Crippen molar-refractivity contribution in [1.29, 1.82) is 0 Å². The van der Waals surface area contributed by atoms with E-state index in [2.05, 4.69) is 30.2 Å². The Morgan fingerprint density at radius 3 is 2.62 bits per heavy atom. The second-order valence-corrected chi connectivity index (χ2v) is 5.37. The van der Waals surface area contributed by atoms with Crippen LogP contribution in [0.3, 0.4) is 0 Å². The first-order chi connectivity index (χ1) is 10.0. The highest BCUT2D eigenvalue weighted by atomic mass is 35.5. The number of nitrogens with one attached hydrogen (secondary N) is 1. The van der Waals surface area contributed by atoms with E-state index in [-0.39, 0.29) is 34.3 Å². The van der Waals surface area contributed by atoms with E-state index in [0.29, 0.717) is 12.2 Å². The van der Waals surface area contributed by atoms with Crippen molar-refractivity contribution in [3.8, 4) is 0 Å². The highest BCUT2D eigenvalue weighted by Gasteiger charge is 2.46. The number of carbonyl (C=O) groups is 1. The van der Waals surface area contributed by atoms with Gasteiger partial charge in [-0.2, -0.15) is 15.0 Å². The van der Waals surface area contributed by atoms with Crippen LogP contribution in [0.2, 0.25) is 10.6 Å². The van der Waals surface area contributed by atoms with Crippen LogP contribution in [-0.4, -0.2) is 30.8 Å². The van der Waals surface area contributed by atoms with Crippen molar-refractivity contribution in [1.82, 2.24) is 24.9 Å². The maximum atomic E-state index is 12.1. The van der Waals surface area contributed by atoms with Crippen LogP contribution in [0.15, 0.2) is 12.3 Å². The molecule has 0 bridgehead atoms. The molecule has 1 fully saturated rings. The van der Waals surface area contributed by atoms with Crippen molar-refractivity contribution < 1.29 is 4.79 Å². The van der Waals surface area contributed by atoms with Crippen LogP contribution in [0.25, 0.3) is 0 Å². The fourth-order valence-electron chi connectivity index (χ4n) is 2.00. The summed E-state index contributed by atoms with van der Waals surface area (Å²) >= 11 is 11.3. The number of hydrogen-bond donors (Lipinski definition) is 1. The zero-order valence-electron chi connectivity index (χ0n) is 10.9. The summed E-state index contributed by atoms with van der Waals surface area (Å²) in [5.74, 6) is 0.352. The normalized spacial score (nSPS) is 20.1. The van der Waals surface area contributed by atoms with Gasteiger partial charge in [-0.15, -0.1) is 0 Å². The average Bonchev–Trinajstić information content (AvgIpc) is 3.17. The molecule has 1 N–H and O–H groups in total. The fraction of sp³-hybridized carbons (Fsp3) is 0.333. The number of carbonyl (C=O) groups excluding carboxylic acids is 1. The lowest BCUT2D eigenvalue weighted by molar-refractivity contribution is -0.117. The third-order valence-corrected chi connectivity index (χ3v) is 3.43. The van der Waals surface area contributed by atoms with E-state index in [4.69, 9.17) is 23.2 Å². The summed E-state index contributed by atoms with van der Waals surface area (Å²) in [4.78, 5) is 31.8. The Morgan fingerprint density at radius 2 is 1.95 bits per heavy atom. The Kier molecular flexibility index (Phi) is 3.69. The maximum absolute atomic E-state index is 12.1. The smallest absolute Gasteiger partial charge is 0.235 e. The van der Waals surface area contributed by atoms with Gasteiger partial charge in [-0.25, -0.2) is 9.97 Å². The molecular weight excluding hydrogens is 315 g/mol. The first-order valence-electron chi connectivity index (χ1n) is 6.20. The molecule has 7 nitrogen and oxygen atoms in total. The first kappa shape index (κ1) is 14.1. The molecule has 1 saturated carbocycles. The van der Waals surface area contributed by atoms with Gasteiger partial charge in [-0.1, -0.05) is 0 Å². The van der Waals surface area contributed by atoms with Crippen molar-refractivity contribution in [2.75, 3.05) is 5.32 Å². The molecule has 0 spiro atoms. The van der Waals surface area contributed by atoms with Gasteiger partial charge in [0.2, 0.25) is 22.4 Å². The van der Waals surface area contributed by atoms with Gasteiger partial charge >= 0.3 is 0 Å². The molecule has 0 aliphatic heterocycles. The molecule has 2 aromatic heterocycles. The number of rotatable bonds is 3. The number of nitrogens with zero attached hydrogens (tertiary/aromatic N) is 5. The zero-order valence-corrected chi connectivity index (χ0v) is 12.4. The number of aromatic nitrogens is 5. The van der Waals surface area contributed by atoms with Gasteiger partial charge < -0.3 is 0 Å². The summed E-state index contributed by atoms with van der Waals surface area (Å²) < 4.78 is 0. The standard InChI is InChI=1S/C12H10Cl2N6O/c1-5-2-3-15-8(16-5)6-4-7(6)9(21)17-12-19-10(13)18-11(14)20-12/h2-3,6-7H,4H2,1H3,(H,17,18,19,20,21)/t6-,7-/m0/s1. The molecule has 0 unspecified atom stereocenters. The molecule has 0 radical (unpaired) electrons. The molecule has 0 saturated heterocycles. The summed E-state index contributed by atoms with van der Waals surface area (Å²) in [7, 11) is 0. The van der Waals surface area contributed by atoms with Crippen molar-refractivity contribution in [2.45, 2.75) is 19.3 Å². The fourth-order valence-corrected chi connectivity index (χ4v) is 2.37. The molecule has 0 aromatic carbocycles. The van der Waals surface area contributed by atoms with Gasteiger partial charge in [-0.05, 0) is 42.6 Å². The number of hydrogen-bond acceptors (Lipinski definition) is 6. The highest BCUT2D eigenvalue weighted by molar-refractivity contribution is 6.31. The molecule has 21 heavy (non-hydrogen) atoms. The summed E-state index contributed by atoms with van der Waals surface area (Å²) in [6.45, 7) is 1.89. The van der Waals surface area contributed by atoms with Crippen molar-refractivity contribution in [2.24, 2.45) is 5.92 Å². The minimum atomic E-state index is -0.205. The summed E-state index contributed by atoms with van der Waals surface area (Å²) in [6, 6.07) is 1.82. The van der Waals surface area contributed by atoms with Gasteiger partial charge in [0, 0.05) is 23.7 Å². The van der Waals surface area contributed by atoms with Crippen LogP contribution in [0.1, 0.15) is 23.9 Å². The molecule has 2 aromatic rings. The lowest BCUT2D eigenvalue weighted by Crippen LogP contribution is -2.17. The van der Waals surface area contributed by atoms with Crippen LogP contribution in [0.5, 0.6) is 0 Å². The van der Waals surface area contributed by atoms with Crippen LogP contribution in [0, 0.1) is 12.8 Å². The molecule has 108 valence electrons. The molecule has 2 heterocycles. The lowest BCUT2D eigenvalue weighted by atomic mass is 10.2. The van der Waals surface area contributed by atoms with Crippen LogP contribution in [-0.2, 0) is 4.79 Å². The van der Waals surface area contributed by atoms with Gasteiger partial charge in [0.25, 0.3) is 0 Å². The molecule has 1 aliphatic rings. The molecule has 1 amide bonds. The monoisotopic (exact) mass is 324 g/mol. The second-order valence-electron chi connectivity index (χ2n) is 4.69. The topological polar surface area (TPSA) is 93.6 Å². The van der Waals surface area contributed by atoms with Crippen molar-refractivity contribution >= 4 is 35.1 Å². The predicted octanol–water partition coefficient (Wildman–Crippen LogP) is 2.02. The van der Waals surface area contributed by atoms with E-state index in [0.717, 1.165) is 5.69 Å². The Morgan fingerprint density at radius 1 is 1.24 bits per heavy atom. The van der Waals surface area contributed by atoms with Crippen LogP contribution >= 0.6 is 23.2 Å². The Hall–Kier alpha value is -1.86. The molecule has 1 aliphatic carbocycles. The van der Waals surface area contributed by atoms with E-state index >= 15 is 0 Å². The van der Waals surface area contributed by atoms with E-state index in [1.807, 2.05) is 13.0 Å². The summed E-state index contributed by atoms with van der Waals surface area (Å²) in [6.07, 6.45) is 2.39. The van der Waals surface area contributed by atoms with E-state index in [1.54, 1.807) is 6.20 Å². The van der Waals surface area contributed by atoms with Gasteiger partial charge in [0.15, 0.2) is 0 Å². The zero-order chi connectivity index (χ0) is 15.0. The van der Waals surface area contributed by atoms with Gasteiger partial charge in [0.1, 0.15) is 5.82 Å². The minimum Gasteiger partial charge on any atom is -0.294 e.